The van der Waals surface area contributed by atoms with Gasteiger partial charge in [0.05, 0.1) is 6.61 Å². The number of hydrogen-bond donors (Lipinski definition) is 1. The lowest BCUT2D eigenvalue weighted by molar-refractivity contribution is -0.137. The van der Waals surface area contributed by atoms with Crippen LogP contribution >= 0.6 is 0 Å². The van der Waals surface area contributed by atoms with E-state index in [1.807, 2.05) is 0 Å². The molecule has 0 spiro atoms. The lowest BCUT2D eigenvalue weighted by Gasteiger charge is -2.51. The number of nitrogens with zero attached hydrogens (tertiary/aromatic N) is 1. The minimum Gasteiger partial charge on any atom is -0.449 e. The van der Waals surface area contributed by atoms with Gasteiger partial charge in [-0.25, -0.2) is 4.79 Å². The van der Waals surface area contributed by atoms with E-state index in [4.69, 9.17) is 10.5 Å². The second kappa shape index (κ2) is 4.94. The van der Waals surface area contributed by atoms with Gasteiger partial charge in [0.1, 0.15) is 0 Å². The Morgan fingerprint density at radius 3 is 2.53 bits per heavy atom. The first-order valence-corrected chi connectivity index (χ1v) is 6.34. The average Bonchev–Trinajstić information content (AvgIpc) is 2.28. The van der Waals surface area contributed by atoms with Gasteiger partial charge in [0.25, 0.3) is 0 Å². The van der Waals surface area contributed by atoms with Crippen LogP contribution in [0.4, 0.5) is 4.79 Å². The van der Waals surface area contributed by atoms with Gasteiger partial charge in [-0.2, -0.15) is 0 Å². The summed E-state index contributed by atoms with van der Waals surface area (Å²) in [4.78, 5) is 24.6. The van der Waals surface area contributed by atoms with E-state index >= 15 is 0 Å². The van der Waals surface area contributed by atoms with Crippen LogP contribution in [0.2, 0.25) is 0 Å². The molecule has 0 radical (unpaired) electrons. The van der Waals surface area contributed by atoms with E-state index in [-0.39, 0.29) is 29.8 Å². The molecule has 2 N–H and O–H groups in total. The highest BCUT2D eigenvalue weighted by molar-refractivity contribution is 5.79. The molecule has 5 heteroatoms. The Kier molecular flexibility index (Phi) is 3.54. The van der Waals surface area contributed by atoms with Crippen molar-refractivity contribution in [3.8, 4) is 0 Å². The molecule has 5 nitrogen and oxygen atoms in total. The molecule has 3 rings (SSSR count). The van der Waals surface area contributed by atoms with E-state index in [1.165, 1.54) is 0 Å². The molecule has 3 fully saturated rings. The highest BCUT2D eigenvalue weighted by atomic mass is 16.6. The summed E-state index contributed by atoms with van der Waals surface area (Å²) < 4.78 is 5.16. The van der Waals surface area contributed by atoms with Gasteiger partial charge in [0.2, 0.25) is 5.91 Å². The second-order valence-corrected chi connectivity index (χ2v) is 5.06. The number of unbranched alkanes of at least 4 members (excludes halogenated alkanes) is 1. The predicted octanol–water partition coefficient (Wildman–Crippen LogP) is 0.976. The summed E-state index contributed by atoms with van der Waals surface area (Å²) in [5.74, 6) is 0.273. The minimum atomic E-state index is -0.240. The Morgan fingerprint density at radius 2 is 2.00 bits per heavy atom. The second-order valence-electron chi connectivity index (χ2n) is 5.06. The zero-order chi connectivity index (χ0) is 12.4. The van der Waals surface area contributed by atoms with Crippen LogP contribution in [0.5, 0.6) is 0 Å². The van der Waals surface area contributed by atoms with Crippen LogP contribution in [0.3, 0.4) is 0 Å². The van der Waals surface area contributed by atoms with Gasteiger partial charge >= 0.3 is 6.09 Å². The monoisotopic (exact) mass is 240 g/mol. The van der Waals surface area contributed by atoms with Gasteiger partial charge in [-0.3, -0.25) is 4.79 Å². The Labute approximate surface area is 101 Å². The lowest BCUT2D eigenvalue weighted by atomic mass is 9.61. The van der Waals surface area contributed by atoms with Crippen molar-refractivity contribution in [3.05, 3.63) is 0 Å². The molecule has 1 saturated carbocycles. The quantitative estimate of drug-likeness (QED) is 0.744. The van der Waals surface area contributed by atoms with Crippen molar-refractivity contribution in [2.75, 3.05) is 19.7 Å². The van der Waals surface area contributed by atoms with Crippen LogP contribution in [-0.2, 0) is 9.53 Å². The maximum absolute atomic E-state index is 11.7. The predicted molar refractivity (Wildman–Crippen MR) is 62.1 cm³/mol. The average molecular weight is 240 g/mol. The lowest BCUT2D eigenvalue weighted by Crippen LogP contribution is -2.60. The molecule has 96 valence electrons. The zero-order valence-corrected chi connectivity index (χ0v) is 10.2. The Hall–Kier alpha value is -1.26. The van der Waals surface area contributed by atoms with Gasteiger partial charge in [-0.05, 0) is 24.7 Å². The van der Waals surface area contributed by atoms with Crippen LogP contribution in [0.15, 0.2) is 0 Å². The fourth-order valence-electron chi connectivity index (χ4n) is 2.90. The normalized spacial score (nSPS) is 30.6. The summed E-state index contributed by atoms with van der Waals surface area (Å²) >= 11 is 0. The zero-order valence-electron chi connectivity index (χ0n) is 10.2. The minimum absolute atomic E-state index is 0.0188. The summed E-state index contributed by atoms with van der Waals surface area (Å²) in [6.07, 6.45) is 2.70. The molecule has 1 aliphatic carbocycles. The Balaban J connectivity index is 1.79. The van der Waals surface area contributed by atoms with Crippen LogP contribution in [-0.4, -0.2) is 36.6 Å². The standard InChI is InChI=1S/C12H20N2O3/c1-2-3-4-17-12(16)14-6-8-5-9(7-14)10(8)11(13)15/h8-10H,2-7H2,1H3,(H2,13,15). The van der Waals surface area contributed by atoms with E-state index in [9.17, 15) is 9.59 Å². The van der Waals surface area contributed by atoms with E-state index < -0.39 is 0 Å². The van der Waals surface area contributed by atoms with Crippen molar-refractivity contribution in [2.45, 2.75) is 26.2 Å². The fourth-order valence-corrected chi connectivity index (χ4v) is 2.90. The van der Waals surface area contributed by atoms with Crippen molar-refractivity contribution >= 4 is 12.0 Å². The summed E-state index contributed by atoms with van der Waals surface area (Å²) in [6, 6.07) is 0. The molecule has 2 aliphatic heterocycles. The van der Waals surface area contributed by atoms with Crippen LogP contribution in [0.1, 0.15) is 26.2 Å². The summed E-state index contributed by atoms with van der Waals surface area (Å²) in [6.45, 7) is 3.78. The number of piperidine rings is 2. The molecule has 17 heavy (non-hydrogen) atoms. The third kappa shape index (κ3) is 2.37. The van der Waals surface area contributed by atoms with Gasteiger partial charge in [-0.15, -0.1) is 0 Å². The van der Waals surface area contributed by atoms with E-state index in [0.29, 0.717) is 19.7 Å². The molecule has 2 saturated heterocycles. The molecule has 0 aromatic rings. The molecule has 2 heterocycles. The Morgan fingerprint density at radius 1 is 1.35 bits per heavy atom. The smallest absolute Gasteiger partial charge is 0.409 e. The van der Waals surface area contributed by atoms with Crippen molar-refractivity contribution in [1.29, 1.82) is 0 Å². The number of amides is 2. The molecule has 2 unspecified atom stereocenters. The number of carbonyl (C=O) groups is 2. The molecule has 0 aromatic carbocycles. The van der Waals surface area contributed by atoms with Crippen LogP contribution < -0.4 is 5.73 Å². The number of primary amides is 1. The SMILES string of the molecule is CCCCOC(=O)N1CC2CC(C1)C2C(N)=O. The van der Waals surface area contributed by atoms with Crippen molar-refractivity contribution in [1.82, 2.24) is 4.90 Å². The van der Waals surface area contributed by atoms with E-state index in [2.05, 4.69) is 6.92 Å². The first-order valence-electron chi connectivity index (χ1n) is 6.34. The number of fused-ring (bicyclic) bond motifs is 2. The first-order chi connectivity index (χ1) is 8.13. The molecule has 0 aromatic heterocycles. The summed E-state index contributed by atoms with van der Waals surface area (Å²) in [7, 11) is 0. The summed E-state index contributed by atoms with van der Waals surface area (Å²) in [5.41, 5.74) is 5.33. The van der Waals surface area contributed by atoms with E-state index in [1.54, 1.807) is 4.90 Å². The van der Waals surface area contributed by atoms with Crippen LogP contribution in [0.25, 0.3) is 0 Å². The highest BCUT2D eigenvalue weighted by Crippen LogP contribution is 2.45. The molecule has 3 aliphatic rings. The topological polar surface area (TPSA) is 72.6 Å². The molecule has 2 bridgehead atoms. The van der Waals surface area contributed by atoms with Gasteiger partial charge in [0, 0.05) is 19.0 Å². The van der Waals surface area contributed by atoms with Crippen molar-refractivity contribution < 1.29 is 14.3 Å². The third-order valence-electron chi connectivity index (χ3n) is 3.84. The molecule has 2 amide bonds. The third-order valence-corrected chi connectivity index (χ3v) is 3.84. The van der Waals surface area contributed by atoms with Crippen molar-refractivity contribution in [3.63, 3.8) is 0 Å². The van der Waals surface area contributed by atoms with Crippen LogP contribution in [0, 0.1) is 17.8 Å². The van der Waals surface area contributed by atoms with Gasteiger partial charge in [-0.1, -0.05) is 13.3 Å². The maximum atomic E-state index is 11.7. The van der Waals surface area contributed by atoms with E-state index in [0.717, 1.165) is 19.3 Å². The van der Waals surface area contributed by atoms with Gasteiger partial charge in [0.15, 0.2) is 0 Å². The Bertz CT molecular complexity index is 307. The first kappa shape index (κ1) is 12.2. The molecular formula is C12H20N2O3. The number of hydrogen-bond acceptors (Lipinski definition) is 3. The number of ether oxygens (including phenoxy) is 1. The fraction of sp³-hybridized carbons (Fsp3) is 0.833. The number of nitrogens with two attached hydrogens (primary N) is 1. The summed E-state index contributed by atoms with van der Waals surface area (Å²) in [5, 5.41) is 0. The van der Waals surface area contributed by atoms with Crippen molar-refractivity contribution in [2.24, 2.45) is 23.5 Å². The van der Waals surface area contributed by atoms with Gasteiger partial charge < -0.3 is 15.4 Å². The highest BCUT2D eigenvalue weighted by Gasteiger charge is 2.50. The number of rotatable bonds is 4. The molecule has 2 atom stereocenters. The maximum Gasteiger partial charge on any atom is 0.409 e. The molecular weight excluding hydrogens is 220 g/mol. The largest absolute Gasteiger partial charge is 0.449 e. The number of carbonyl (C=O) groups excluding carboxylic acids is 2.